The molecule has 4 aromatic rings. The van der Waals surface area contributed by atoms with Gasteiger partial charge in [-0.25, -0.2) is 0 Å². The average Bonchev–Trinajstić information content (AvgIpc) is 2.87. The quantitative estimate of drug-likeness (QED) is 0.225. The first-order chi connectivity index (χ1) is 16.4. The zero-order chi connectivity index (χ0) is 25.6. The van der Waals surface area contributed by atoms with Crippen molar-refractivity contribution in [3.05, 3.63) is 128 Å². The number of hydrogen-bond acceptors (Lipinski definition) is 11. The molecule has 0 saturated carbocycles. The molecule has 0 bridgehead atoms. The van der Waals surface area contributed by atoms with E-state index < -0.39 is 10.2 Å². The van der Waals surface area contributed by atoms with E-state index in [1.165, 1.54) is 0 Å². The maximum atomic E-state index is 8.25. The van der Waals surface area contributed by atoms with Gasteiger partial charge in [-0.2, -0.15) is 0 Å². The van der Waals surface area contributed by atoms with Crippen molar-refractivity contribution in [3.63, 3.8) is 0 Å². The third-order valence-electron chi connectivity index (χ3n) is 3.18. The molecule has 0 aliphatic heterocycles. The van der Waals surface area contributed by atoms with Crippen LogP contribution in [0.5, 0.6) is 0 Å². The monoisotopic (exact) mass is 531 g/mol. The van der Waals surface area contributed by atoms with E-state index in [0.29, 0.717) is 0 Å². The minimum Gasteiger partial charge on any atom is -0.400 e. The Morgan fingerprint density at radius 1 is 0.514 bits per heavy atom. The predicted molar refractivity (Wildman–Crippen MR) is 124 cm³/mol. The van der Waals surface area contributed by atoms with Crippen molar-refractivity contribution < 1.29 is 32.3 Å². The number of aliphatic hydroxyl groups excluding tert-OH is 1. The summed E-state index contributed by atoms with van der Waals surface area (Å²) in [6.45, 7) is 0. The first-order valence-corrected chi connectivity index (χ1v) is 9.12. The summed E-state index contributed by atoms with van der Waals surface area (Å²) in [5.41, 5.74) is 3.66. The summed E-state index contributed by atoms with van der Waals surface area (Å²) in [4.78, 5) is 33.2. The van der Waals surface area contributed by atoms with Gasteiger partial charge in [-0.15, -0.1) is 0 Å². The van der Waals surface area contributed by atoms with Gasteiger partial charge in [0.05, 0.1) is 32.9 Å². The number of aliphatic hydroxyl groups is 1. The van der Waals surface area contributed by atoms with Crippen molar-refractivity contribution in [3.8, 4) is 22.8 Å². The van der Waals surface area contributed by atoms with Crippen LogP contribution in [0.25, 0.3) is 22.8 Å². The molecule has 4 heterocycles. The second kappa shape index (κ2) is 21.3. The fourth-order valence-corrected chi connectivity index (χ4v) is 2.06. The summed E-state index contributed by atoms with van der Waals surface area (Å²) < 4.78 is 0. The Morgan fingerprint density at radius 2 is 0.686 bits per heavy atom. The summed E-state index contributed by atoms with van der Waals surface area (Å²) in [6, 6.07) is 23.2. The van der Waals surface area contributed by atoms with Crippen molar-refractivity contribution in [2.75, 3.05) is 7.11 Å². The van der Waals surface area contributed by atoms with Crippen LogP contribution in [0.1, 0.15) is 0 Å². The van der Waals surface area contributed by atoms with Gasteiger partial charge >= 0.3 is 17.1 Å². The summed E-state index contributed by atoms with van der Waals surface area (Å²) in [5, 5.41) is 36.5. The number of pyridine rings is 4. The third kappa shape index (κ3) is 17.7. The van der Waals surface area contributed by atoms with Crippen molar-refractivity contribution >= 4 is 0 Å². The zero-order valence-electron chi connectivity index (χ0n) is 18.1. The topological polar surface area (TPSA) is 204 Å². The number of nitrogens with zero attached hydrogens (tertiary/aromatic N) is 6. The van der Waals surface area contributed by atoms with E-state index in [1.54, 1.807) is 24.8 Å². The molecule has 0 fully saturated rings. The minimum atomic E-state index is -1.75. The number of rotatable bonds is 2. The molecule has 0 aromatic carbocycles. The number of hydrogen-bond donors (Lipinski definition) is 1. The molecule has 0 aliphatic rings. The first kappa shape index (κ1) is 32.7. The zero-order valence-corrected chi connectivity index (χ0v) is 19.1. The average molecular weight is 532 g/mol. The molecular weight excluding hydrogens is 512 g/mol. The van der Waals surface area contributed by atoms with Crippen molar-refractivity contribution in [2.24, 2.45) is 0 Å². The Bertz CT molecular complexity index is 881. The molecule has 0 amide bonds. The van der Waals surface area contributed by atoms with E-state index in [4.69, 9.17) is 35.7 Å². The van der Waals surface area contributed by atoms with Crippen LogP contribution in [-0.2, 0) is 17.1 Å². The molecule has 1 radical (unpaired) electrons. The molecule has 4 rings (SSSR count). The van der Waals surface area contributed by atoms with Crippen LogP contribution < -0.4 is 0 Å². The minimum absolute atomic E-state index is 0. The summed E-state index contributed by atoms with van der Waals surface area (Å²) in [7, 11) is 1.00. The summed E-state index contributed by atoms with van der Waals surface area (Å²) in [5.74, 6) is 0. The van der Waals surface area contributed by atoms with Gasteiger partial charge in [0.25, 0.3) is 0 Å². The summed E-state index contributed by atoms with van der Waals surface area (Å²) in [6.07, 6.45) is 7.07. The second-order valence-electron chi connectivity index (χ2n) is 5.31. The van der Waals surface area contributed by atoms with Crippen LogP contribution in [0.3, 0.4) is 0 Å². The summed E-state index contributed by atoms with van der Waals surface area (Å²) >= 11 is 0. The molecule has 0 unspecified atom stereocenters. The van der Waals surface area contributed by atoms with E-state index in [1.807, 2.05) is 72.8 Å². The van der Waals surface area contributed by atoms with Gasteiger partial charge < -0.3 is 35.7 Å². The SMILES string of the molecule is CO.O=[N+]([O-])[O-].O=[N+]([O-])[O-].[Cu+2].c1ccc(-c2ccccn2)nc1.c1ccc(-c2ccccn2)nc1. The maximum absolute atomic E-state index is 8.25. The van der Waals surface area contributed by atoms with Crippen LogP contribution in [0.2, 0.25) is 0 Å². The Hall–Kier alpha value is -4.52. The first-order valence-electron chi connectivity index (χ1n) is 9.12. The van der Waals surface area contributed by atoms with Gasteiger partial charge in [0.1, 0.15) is 0 Å². The molecule has 14 heteroatoms. The Kier molecular flexibility index (Phi) is 19.9. The van der Waals surface area contributed by atoms with Gasteiger partial charge in [0, 0.05) is 31.9 Å². The Morgan fingerprint density at radius 3 is 0.800 bits per heavy atom. The maximum Gasteiger partial charge on any atom is 2.00 e. The molecule has 0 aliphatic carbocycles. The fraction of sp³-hybridized carbons (Fsp3) is 0.0476. The Balaban J connectivity index is 0. The number of aromatic nitrogens is 4. The van der Waals surface area contributed by atoms with E-state index >= 15 is 0 Å². The molecule has 4 aromatic heterocycles. The van der Waals surface area contributed by atoms with Crippen LogP contribution >= 0.6 is 0 Å². The van der Waals surface area contributed by atoms with E-state index in [9.17, 15) is 0 Å². The normalized spacial score (nSPS) is 8.17. The molecule has 0 atom stereocenters. The van der Waals surface area contributed by atoms with Crippen molar-refractivity contribution in [1.29, 1.82) is 0 Å². The fourth-order valence-electron chi connectivity index (χ4n) is 2.06. The van der Waals surface area contributed by atoms with Crippen LogP contribution in [0, 0.1) is 30.6 Å². The standard InChI is InChI=1S/2C10H8N2.CH4O.Cu.2NO3/c2*1-3-7-11-9(5-1)10-6-2-4-8-12-10;1-2;;2*2-1(3)4/h2*1-8H;2H,1H3;;;/q;;;+2;2*-1. The smallest absolute Gasteiger partial charge is 0.400 e. The Labute approximate surface area is 210 Å². The van der Waals surface area contributed by atoms with Crippen LogP contribution in [0.15, 0.2) is 97.6 Å². The molecule has 187 valence electrons. The second-order valence-corrected chi connectivity index (χ2v) is 5.31. The molecular formula is C21H20CuN6O7. The van der Waals surface area contributed by atoms with Gasteiger partial charge in [0.15, 0.2) is 0 Å². The molecule has 13 nitrogen and oxygen atoms in total. The molecule has 35 heavy (non-hydrogen) atoms. The predicted octanol–water partition coefficient (Wildman–Crippen LogP) is 3.42. The van der Waals surface area contributed by atoms with E-state index in [0.717, 1.165) is 29.9 Å². The molecule has 0 saturated heterocycles. The van der Waals surface area contributed by atoms with Crippen molar-refractivity contribution in [2.45, 2.75) is 0 Å². The van der Waals surface area contributed by atoms with E-state index in [2.05, 4.69) is 19.9 Å². The molecule has 0 spiro atoms. The largest absolute Gasteiger partial charge is 2.00 e. The van der Waals surface area contributed by atoms with Crippen LogP contribution in [-0.4, -0.2) is 42.3 Å². The van der Waals surface area contributed by atoms with Gasteiger partial charge in [-0.3, -0.25) is 19.9 Å². The third-order valence-corrected chi connectivity index (χ3v) is 3.18. The van der Waals surface area contributed by atoms with Gasteiger partial charge in [-0.1, -0.05) is 24.3 Å². The van der Waals surface area contributed by atoms with Crippen molar-refractivity contribution in [1.82, 2.24) is 19.9 Å². The van der Waals surface area contributed by atoms with Crippen LogP contribution in [0.4, 0.5) is 0 Å². The molecule has 1 N–H and O–H groups in total. The van der Waals surface area contributed by atoms with Gasteiger partial charge in [0.2, 0.25) is 0 Å². The van der Waals surface area contributed by atoms with Gasteiger partial charge in [-0.05, 0) is 48.5 Å². The van der Waals surface area contributed by atoms with E-state index in [-0.39, 0.29) is 17.1 Å².